The fraction of sp³-hybridized carbons (Fsp3) is 0.381. The molecule has 0 atom stereocenters. The van der Waals surface area contributed by atoms with E-state index < -0.39 is 10.0 Å². The van der Waals surface area contributed by atoms with Crippen LogP contribution in [0.25, 0.3) is 10.6 Å². The number of nitrogens with zero attached hydrogens (tertiary/aromatic N) is 4. The molecule has 0 saturated carbocycles. The Morgan fingerprint density at radius 3 is 2.75 bits per heavy atom. The van der Waals surface area contributed by atoms with Gasteiger partial charge in [0.05, 0.1) is 12.1 Å². The van der Waals surface area contributed by atoms with Gasteiger partial charge in [0.15, 0.2) is 5.76 Å². The maximum atomic E-state index is 13.5. The van der Waals surface area contributed by atoms with Gasteiger partial charge in [-0.05, 0) is 32.4 Å². The van der Waals surface area contributed by atoms with Crippen molar-refractivity contribution in [2.75, 3.05) is 26.2 Å². The lowest BCUT2D eigenvalue weighted by atomic mass is 10.2. The van der Waals surface area contributed by atoms with Gasteiger partial charge in [-0.25, -0.2) is 17.8 Å². The van der Waals surface area contributed by atoms with Gasteiger partial charge in [0.2, 0.25) is 15.9 Å². The second-order valence-electron chi connectivity index (χ2n) is 7.62. The lowest BCUT2D eigenvalue weighted by molar-refractivity contribution is -0.130. The highest BCUT2D eigenvalue weighted by Gasteiger charge is 2.33. The van der Waals surface area contributed by atoms with Crippen molar-refractivity contribution in [3.05, 3.63) is 52.6 Å². The molecular formula is C21H23FN4O4S2. The van der Waals surface area contributed by atoms with Crippen molar-refractivity contribution in [3.63, 3.8) is 0 Å². The van der Waals surface area contributed by atoms with Crippen LogP contribution in [-0.2, 0) is 21.2 Å². The predicted molar refractivity (Wildman–Crippen MR) is 117 cm³/mol. The minimum Gasteiger partial charge on any atom is -0.360 e. The highest BCUT2D eigenvalue weighted by Crippen LogP contribution is 2.26. The molecule has 8 nitrogen and oxygen atoms in total. The minimum absolute atomic E-state index is 0.102. The van der Waals surface area contributed by atoms with Crippen LogP contribution in [0.1, 0.15) is 23.6 Å². The average molecular weight is 479 g/mol. The Hall–Kier alpha value is -2.63. The quantitative estimate of drug-likeness (QED) is 0.559. The van der Waals surface area contributed by atoms with Crippen LogP contribution in [-0.4, -0.2) is 59.8 Å². The van der Waals surface area contributed by atoms with Gasteiger partial charge in [0, 0.05) is 37.1 Å². The molecule has 1 saturated heterocycles. The normalized spacial score (nSPS) is 15.7. The Balaban J connectivity index is 1.41. The van der Waals surface area contributed by atoms with Gasteiger partial charge in [-0.15, -0.1) is 11.3 Å². The number of thiazole rings is 1. The van der Waals surface area contributed by atoms with E-state index in [2.05, 4.69) is 10.1 Å². The van der Waals surface area contributed by atoms with Crippen molar-refractivity contribution in [2.24, 2.45) is 0 Å². The van der Waals surface area contributed by atoms with Crippen LogP contribution >= 0.6 is 11.3 Å². The van der Waals surface area contributed by atoms with E-state index in [1.165, 1.54) is 27.8 Å². The summed E-state index contributed by atoms with van der Waals surface area (Å²) in [6.45, 7) is 4.45. The Morgan fingerprint density at radius 2 is 2.03 bits per heavy atom. The Morgan fingerprint density at radius 1 is 1.22 bits per heavy atom. The molecule has 0 bridgehead atoms. The molecule has 1 aliphatic rings. The van der Waals surface area contributed by atoms with Crippen LogP contribution in [0.5, 0.6) is 0 Å². The van der Waals surface area contributed by atoms with Crippen molar-refractivity contribution < 1.29 is 22.1 Å². The summed E-state index contributed by atoms with van der Waals surface area (Å²) in [5.74, 6) is -0.189. The summed E-state index contributed by atoms with van der Waals surface area (Å²) in [6.07, 6.45) is 0.641. The number of rotatable bonds is 5. The fourth-order valence-electron chi connectivity index (χ4n) is 3.76. The summed E-state index contributed by atoms with van der Waals surface area (Å²) in [6, 6.07) is 6.18. The molecule has 4 rings (SSSR count). The molecule has 170 valence electrons. The number of sulfonamides is 1. The van der Waals surface area contributed by atoms with E-state index in [0.29, 0.717) is 48.0 Å². The number of carbonyl (C=O) groups is 1. The van der Waals surface area contributed by atoms with Gasteiger partial charge < -0.3 is 9.42 Å². The lowest BCUT2D eigenvalue weighted by Crippen LogP contribution is -2.38. The number of benzene rings is 1. The largest absolute Gasteiger partial charge is 0.360 e. The highest BCUT2D eigenvalue weighted by atomic mass is 32.2. The van der Waals surface area contributed by atoms with Crippen LogP contribution in [0.4, 0.5) is 4.39 Å². The number of hydrogen-bond donors (Lipinski definition) is 0. The van der Waals surface area contributed by atoms with Crippen molar-refractivity contribution in [3.8, 4) is 10.6 Å². The predicted octanol–water partition coefficient (Wildman–Crippen LogP) is 3.02. The molecule has 11 heteroatoms. The first kappa shape index (κ1) is 22.6. The maximum Gasteiger partial charge on any atom is 0.248 e. The van der Waals surface area contributed by atoms with Gasteiger partial charge in [0.25, 0.3) is 0 Å². The molecule has 0 N–H and O–H groups in total. The zero-order valence-corrected chi connectivity index (χ0v) is 19.4. The monoisotopic (exact) mass is 478 g/mol. The Bertz CT molecular complexity index is 1220. The molecule has 32 heavy (non-hydrogen) atoms. The molecule has 3 heterocycles. The minimum atomic E-state index is -3.74. The summed E-state index contributed by atoms with van der Waals surface area (Å²) in [4.78, 5) is 19.1. The Labute approximate surface area is 189 Å². The lowest BCUT2D eigenvalue weighted by Gasteiger charge is -2.21. The molecule has 0 radical (unpaired) electrons. The summed E-state index contributed by atoms with van der Waals surface area (Å²) in [7, 11) is -3.74. The van der Waals surface area contributed by atoms with Gasteiger partial charge in [-0.1, -0.05) is 17.3 Å². The zero-order chi connectivity index (χ0) is 22.9. The smallest absolute Gasteiger partial charge is 0.248 e. The third kappa shape index (κ3) is 4.59. The summed E-state index contributed by atoms with van der Waals surface area (Å²) in [5.41, 5.74) is 1.62. The highest BCUT2D eigenvalue weighted by molar-refractivity contribution is 7.89. The molecule has 3 aromatic rings. The molecule has 0 unspecified atom stereocenters. The summed E-state index contributed by atoms with van der Waals surface area (Å²) < 4.78 is 46.0. The molecule has 0 aliphatic carbocycles. The standard InChI is InChI=1S/C21H23FN4O4S2/c1-14-20(15(2)30-24-14)32(28,29)26-8-4-7-25(9-10-26)19(27)12-18-13-31-21(23-18)16-5-3-6-17(22)11-16/h3,5-6,11,13H,4,7-10,12H2,1-2H3. The second-order valence-corrected chi connectivity index (χ2v) is 10.4. The van der Waals surface area contributed by atoms with E-state index in [9.17, 15) is 17.6 Å². The second kappa shape index (κ2) is 9.08. The number of carbonyl (C=O) groups excluding carboxylic acids is 1. The molecule has 2 aromatic heterocycles. The number of amides is 1. The summed E-state index contributed by atoms with van der Waals surface area (Å²) in [5, 5.41) is 6.20. The van der Waals surface area contributed by atoms with Crippen LogP contribution in [0.2, 0.25) is 0 Å². The third-order valence-corrected chi connectivity index (χ3v) is 8.41. The van der Waals surface area contributed by atoms with E-state index in [1.54, 1.807) is 36.3 Å². The SMILES string of the molecule is Cc1noc(C)c1S(=O)(=O)N1CCCN(C(=O)Cc2csc(-c3cccc(F)c3)n2)CC1. The first-order valence-electron chi connectivity index (χ1n) is 10.2. The van der Waals surface area contributed by atoms with Crippen molar-refractivity contribution >= 4 is 27.3 Å². The van der Waals surface area contributed by atoms with Gasteiger partial charge in [0.1, 0.15) is 21.4 Å². The van der Waals surface area contributed by atoms with Gasteiger partial charge in [-0.3, -0.25) is 4.79 Å². The molecule has 1 aliphatic heterocycles. The summed E-state index contributed by atoms with van der Waals surface area (Å²) >= 11 is 1.36. The topological polar surface area (TPSA) is 96.6 Å². The van der Waals surface area contributed by atoms with E-state index in [0.717, 1.165) is 0 Å². The molecule has 1 aromatic carbocycles. The van der Waals surface area contributed by atoms with Crippen molar-refractivity contribution in [2.45, 2.75) is 31.6 Å². The number of hydrogen-bond acceptors (Lipinski definition) is 7. The van der Waals surface area contributed by atoms with E-state index >= 15 is 0 Å². The first-order valence-corrected chi connectivity index (χ1v) is 12.5. The average Bonchev–Trinajstić information content (AvgIpc) is 3.24. The van der Waals surface area contributed by atoms with Gasteiger partial charge >= 0.3 is 0 Å². The van der Waals surface area contributed by atoms with E-state index in [1.807, 2.05) is 0 Å². The Kier molecular flexibility index (Phi) is 6.40. The first-order chi connectivity index (χ1) is 15.3. The van der Waals surface area contributed by atoms with Crippen LogP contribution in [0, 0.1) is 19.7 Å². The number of halogens is 1. The molecule has 0 spiro atoms. The fourth-order valence-corrected chi connectivity index (χ4v) is 6.34. The van der Waals surface area contributed by atoms with Crippen molar-refractivity contribution in [1.82, 2.24) is 19.3 Å². The van der Waals surface area contributed by atoms with Crippen LogP contribution in [0.3, 0.4) is 0 Å². The number of aromatic nitrogens is 2. The third-order valence-electron chi connectivity index (χ3n) is 5.33. The zero-order valence-electron chi connectivity index (χ0n) is 17.7. The maximum absolute atomic E-state index is 13.5. The number of aryl methyl sites for hydroxylation is 2. The van der Waals surface area contributed by atoms with Gasteiger partial charge in [-0.2, -0.15) is 4.31 Å². The molecule has 1 amide bonds. The van der Waals surface area contributed by atoms with E-state index in [-0.39, 0.29) is 35.3 Å². The van der Waals surface area contributed by atoms with Crippen LogP contribution < -0.4 is 0 Å². The van der Waals surface area contributed by atoms with E-state index in [4.69, 9.17) is 4.52 Å². The molecule has 1 fully saturated rings. The van der Waals surface area contributed by atoms with Crippen LogP contribution in [0.15, 0.2) is 39.1 Å². The van der Waals surface area contributed by atoms with Crippen molar-refractivity contribution in [1.29, 1.82) is 0 Å². The molecular weight excluding hydrogens is 455 g/mol.